The van der Waals surface area contributed by atoms with Crippen LogP contribution in [0.2, 0.25) is 0 Å². The van der Waals surface area contributed by atoms with Gasteiger partial charge in [0.05, 0.1) is 19.3 Å². The molecule has 2 saturated heterocycles. The molecule has 0 aliphatic carbocycles. The van der Waals surface area contributed by atoms with Gasteiger partial charge in [-0.2, -0.15) is 0 Å². The van der Waals surface area contributed by atoms with Crippen molar-refractivity contribution in [1.82, 2.24) is 9.80 Å². The third kappa shape index (κ3) is 2.68. The molecular formula is C13H22N2O4. The number of urea groups is 1. The third-order valence-electron chi connectivity index (χ3n) is 4.15. The Bertz CT molecular complexity index is 361. The Kier molecular flexibility index (Phi) is 4.29. The zero-order valence-electron chi connectivity index (χ0n) is 11.5. The topological polar surface area (TPSA) is 70.1 Å². The molecule has 108 valence electrons. The molecule has 6 nitrogen and oxygen atoms in total. The van der Waals surface area contributed by atoms with Gasteiger partial charge >= 0.3 is 12.0 Å². The van der Waals surface area contributed by atoms with Crippen molar-refractivity contribution in [1.29, 1.82) is 0 Å². The summed E-state index contributed by atoms with van der Waals surface area (Å²) in [6.45, 7) is 5.72. The first-order chi connectivity index (χ1) is 9.06. The summed E-state index contributed by atoms with van der Waals surface area (Å²) >= 11 is 0. The molecule has 2 aliphatic heterocycles. The summed E-state index contributed by atoms with van der Waals surface area (Å²) in [5.41, 5.74) is 0. The van der Waals surface area contributed by atoms with Gasteiger partial charge in [-0.1, -0.05) is 0 Å². The number of hydrogen-bond donors (Lipinski definition) is 1. The van der Waals surface area contributed by atoms with Crippen LogP contribution in [0, 0.1) is 5.92 Å². The molecule has 2 fully saturated rings. The van der Waals surface area contributed by atoms with E-state index in [1.807, 2.05) is 18.7 Å². The Morgan fingerprint density at radius 2 is 2.16 bits per heavy atom. The highest BCUT2D eigenvalue weighted by molar-refractivity contribution is 5.78. The lowest BCUT2D eigenvalue weighted by atomic mass is 10.0. The van der Waals surface area contributed by atoms with Gasteiger partial charge in [-0.05, 0) is 26.7 Å². The number of carboxylic acid groups (broad SMARTS) is 1. The molecule has 2 aliphatic rings. The number of nitrogens with zero attached hydrogens (tertiary/aromatic N) is 2. The average molecular weight is 270 g/mol. The van der Waals surface area contributed by atoms with Crippen molar-refractivity contribution >= 4 is 12.0 Å². The van der Waals surface area contributed by atoms with E-state index in [-0.39, 0.29) is 24.7 Å². The highest BCUT2D eigenvalue weighted by Gasteiger charge is 2.41. The summed E-state index contributed by atoms with van der Waals surface area (Å²) in [5.74, 6) is -1.50. The molecule has 19 heavy (non-hydrogen) atoms. The van der Waals surface area contributed by atoms with Crippen LogP contribution in [0.15, 0.2) is 0 Å². The monoisotopic (exact) mass is 270 g/mol. The smallest absolute Gasteiger partial charge is 0.320 e. The van der Waals surface area contributed by atoms with Crippen LogP contribution < -0.4 is 0 Å². The van der Waals surface area contributed by atoms with Gasteiger partial charge in [-0.15, -0.1) is 0 Å². The maximum absolute atomic E-state index is 12.5. The molecule has 0 saturated carbocycles. The molecule has 0 bridgehead atoms. The number of carboxylic acids is 1. The molecule has 0 spiro atoms. The minimum absolute atomic E-state index is 0.0470. The van der Waals surface area contributed by atoms with Gasteiger partial charge < -0.3 is 19.6 Å². The van der Waals surface area contributed by atoms with Crippen LogP contribution in [0.3, 0.4) is 0 Å². The van der Waals surface area contributed by atoms with Crippen LogP contribution in [-0.2, 0) is 9.53 Å². The van der Waals surface area contributed by atoms with Gasteiger partial charge in [0.25, 0.3) is 0 Å². The normalized spacial score (nSPS) is 30.6. The lowest BCUT2D eigenvalue weighted by Gasteiger charge is -2.34. The van der Waals surface area contributed by atoms with Crippen molar-refractivity contribution < 1.29 is 19.4 Å². The predicted molar refractivity (Wildman–Crippen MR) is 68.9 cm³/mol. The quantitative estimate of drug-likeness (QED) is 0.831. The van der Waals surface area contributed by atoms with Crippen LogP contribution in [0.4, 0.5) is 4.79 Å². The Morgan fingerprint density at radius 3 is 2.68 bits per heavy atom. The Hall–Kier alpha value is -1.30. The van der Waals surface area contributed by atoms with Crippen molar-refractivity contribution in [2.45, 2.75) is 38.8 Å². The van der Waals surface area contributed by atoms with Crippen LogP contribution in [0.1, 0.15) is 26.7 Å². The first kappa shape index (κ1) is 14.1. The predicted octanol–water partition coefficient (Wildman–Crippen LogP) is 1.01. The van der Waals surface area contributed by atoms with Crippen LogP contribution in [0.5, 0.6) is 0 Å². The molecule has 0 aromatic heterocycles. The van der Waals surface area contributed by atoms with Gasteiger partial charge in [-0.3, -0.25) is 4.79 Å². The number of aliphatic carboxylic acids is 1. The summed E-state index contributed by atoms with van der Waals surface area (Å²) in [6.07, 6.45) is 2.04. The van der Waals surface area contributed by atoms with Gasteiger partial charge in [0.1, 0.15) is 5.92 Å². The molecule has 3 atom stereocenters. The first-order valence-electron chi connectivity index (χ1n) is 6.94. The Balaban J connectivity index is 2.10. The average Bonchev–Trinajstić information content (AvgIpc) is 2.98. The van der Waals surface area contributed by atoms with Crippen molar-refractivity contribution in [2.75, 3.05) is 26.3 Å². The van der Waals surface area contributed by atoms with Gasteiger partial charge in [0, 0.05) is 19.1 Å². The minimum atomic E-state index is -0.886. The van der Waals surface area contributed by atoms with E-state index in [1.54, 1.807) is 4.90 Å². The van der Waals surface area contributed by atoms with Crippen molar-refractivity contribution in [3.8, 4) is 0 Å². The molecule has 1 N–H and O–H groups in total. The van der Waals surface area contributed by atoms with Gasteiger partial charge in [0.2, 0.25) is 0 Å². The summed E-state index contributed by atoms with van der Waals surface area (Å²) in [5, 5.41) is 9.20. The van der Waals surface area contributed by atoms with Gasteiger partial charge in [0.15, 0.2) is 0 Å². The van der Waals surface area contributed by atoms with E-state index in [2.05, 4.69) is 0 Å². The van der Waals surface area contributed by atoms with Gasteiger partial charge in [-0.25, -0.2) is 4.79 Å². The van der Waals surface area contributed by atoms with E-state index in [9.17, 15) is 14.7 Å². The van der Waals surface area contributed by atoms with E-state index in [1.165, 1.54) is 0 Å². The summed E-state index contributed by atoms with van der Waals surface area (Å²) in [6, 6.07) is -0.149. The van der Waals surface area contributed by atoms with Crippen LogP contribution >= 0.6 is 0 Å². The molecule has 6 heteroatoms. The first-order valence-corrected chi connectivity index (χ1v) is 6.94. The van der Waals surface area contributed by atoms with Crippen molar-refractivity contribution in [3.63, 3.8) is 0 Å². The second kappa shape index (κ2) is 5.77. The maximum atomic E-state index is 12.5. The van der Waals surface area contributed by atoms with Crippen molar-refractivity contribution in [3.05, 3.63) is 0 Å². The fourth-order valence-electron chi connectivity index (χ4n) is 2.98. The number of rotatable bonds is 3. The second-order valence-electron chi connectivity index (χ2n) is 5.30. The lowest BCUT2D eigenvalue weighted by Crippen LogP contribution is -2.52. The number of hydrogen-bond acceptors (Lipinski definition) is 3. The number of carbonyl (C=O) groups excluding carboxylic acids is 1. The zero-order chi connectivity index (χ0) is 14.0. The number of carbonyl (C=O) groups is 2. The van der Waals surface area contributed by atoms with Crippen molar-refractivity contribution in [2.24, 2.45) is 5.92 Å². The molecule has 0 aromatic carbocycles. The summed E-state index contributed by atoms with van der Waals surface area (Å²) in [7, 11) is 0. The number of likely N-dealkylation sites (tertiary alicyclic amines) is 1. The van der Waals surface area contributed by atoms with E-state index in [0.29, 0.717) is 13.2 Å². The largest absolute Gasteiger partial charge is 0.481 e. The van der Waals surface area contributed by atoms with Crippen LogP contribution in [-0.4, -0.2) is 65.3 Å². The second-order valence-corrected chi connectivity index (χ2v) is 5.30. The molecule has 3 unspecified atom stereocenters. The zero-order valence-corrected chi connectivity index (χ0v) is 11.5. The highest BCUT2D eigenvalue weighted by Crippen LogP contribution is 2.24. The standard InChI is InChI=1S/C13H22N2O4/c1-3-14(11-8-19-7-10(11)12(16)17)13(18)15-6-4-5-9(15)2/h9-11H,3-8H2,1-2H3,(H,16,17). The molecule has 0 aromatic rings. The summed E-state index contributed by atoms with van der Waals surface area (Å²) in [4.78, 5) is 27.3. The fourth-order valence-corrected chi connectivity index (χ4v) is 2.98. The molecular weight excluding hydrogens is 248 g/mol. The van der Waals surface area contributed by atoms with E-state index < -0.39 is 11.9 Å². The fraction of sp³-hybridized carbons (Fsp3) is 0.846. The number of likely N-dealkylation sites (N-methyl/N-ethyl adjacent to an activating group) is 1. The Labute approximate surface area is 113 Å². The minimum Gasteiger partial charge on any atom is -0.481 e. The van der Waals surface area contributed by atoms with Crippen LogP contribution in [0.25, 0.3) is 0 Å². The highest BCUT2D eigenvalue weighted by atomic mass is 16.5. The molecule has 0 radical (unpaired) electrons. The lowest BCUT2D eigenvalue weighted by molar-refractivity contribution is -0.142. The van der Waals surface area contributed by atoms with E-state index in [4.69, 9.17) is 4.74 Å². The van der Waals surface area contributed by atoms with E-state index >= 15 is 0 Å². The molecule has 2 rings (SSSR count). The maximum Gasteiger partial charge on any atom is 0.320 e. The number of ether oxygens (including phenoxy) is 1. The SMILES string of the molecule is CCN(C(=O)N1CCCC1C)C1COCC1C(=O)O. The summed E-state index contributed by atoms with van der Waals surface area (Å²) < 4.78 is 5.26. The number of amides is 2. The van der Waals surface area contributed by atoms with E-state index in [0.717, 1.165) is 19.4 Å². The Morgan fingerprint density at radius 1 is 1.42 bits per heavy atom. The third-order valence-corrected chi connectivity index (χ3v) is 4.15. The molecule has 2 heterocycles. The molecule has 2 amide bonds.